The number of carbonyl (C=O) groups is 1. The molecule has 3 aromatic rings. The van der Waals surface area contributed by atoms with Gasteiger partial charge < -0.3 is 9.73 Å². The quantitative estimate of drug-likeness (QED) is 0.679. The first-order valence-electron chi connectivity index (χ1n) is 7.46. The lowest BCUT2D eigenvalue weighted by molar-refractivity contribution is -0.115. The Hall–Kier alpha value is -2.46. The van der Waals surface area contributed by atoms with Crippen molar-refractivity contribution in [3.8, 4) is 0 Å². The average molecular weight is 380 g/mol. The van der Waals surface area contributed by atoms with Crippen LogP contribution < -0.4 is 10.0 Å². The topological polar surface area (TPSA) is 114 Å². The summed E-state index contributed by atoms with van der Waals surface area (Å²) in [5, 5.41) is 11.3. The van der Waals surface area contributed by atoms with Gasteiger partial charge in [0, 0.05) is 17.4 Å². The number of carbonyl (C=O) groups excluding carboxylic acids is 1. The molecule has 0 bridgehead atoms. The van der Waals surface area contributed by atoms with Crippen molar-refractivity contribution in [1.29, 1.82) is 0 Å². The van der Waals surface area contributed by atoms with E-state index in [9.17, 15) is 13.2 Å². The Bertz CT molecular complexity index is 1020. The molecule has 0 saturated heterocycles. The molecule has 0 saturated carbocycles. The number of nitrogens with one attached hydrogen (secondary N) is 2. The largest absolute Gasteiger partial charge is 0.461 e. The van der Waals surface area contributed by atoms with Crippen LogP contribution >= 0.6 is 11.3 Å². The van der Waals surface area contributed by atoms with Gasteiger partial charge in [-0.05, 0) is 6.07 Å². The second-order valence-corrected chi connectivity index (χ2v) is 8.09. The zero-order valence-electron chi connectivity index (χ0n) is 13.6. The van der Waals surface area contributed by atoms with E-state index in [0.29, 0.717) is 6.42 Å². The molecule has 25 heavy (non-hydrogen) atoms. The first-order chi connectivity index (χ1) is 11.9. The minimum atomic E-state index is -3.43. The summed E-state index contributed by atoms with van der Waals surface area (Å²) in [6, 6.07) is 7.56. The number of fused-ring (bicyclic) bond motifs is 1. The van der Waals surface area contributed by atoms with Crippen molar-refractivity contribution in [2.24, 2.45) is 0 Å². The summed E-state index contributed by atoms with van der Waals surface area (Å²) >= 11 is 0.946. The number of amides is 1. The maximum absolute atomic E-state index is 12.3. The summed E-state index contributed by atoms with van der Waals surface area (Å²) < 4.78 is 30.3. The maximum Gasteiger partial charge on any atom is 0.231 e. The molecule has 2 N–H and O–H groups in total. The summed E-state index contributed by atoms with van der Waals surface area (Å²) in [7, 11) is -3.43. The summed E-state index contributed by atoms with van der Waals surface area (Å²) in [6.07, 6.45) is 1.83. The molecule has 132 valence electrons. The van der Waals surface area contributed by atoms with Crippen LogP contribution in [0.1, 0.15) is 18.2 Å². The fraction of sp³-hybridized carbons (Fsp3) is 0.267. The van der Waals surface area contributed by atoms with Crippen LogP contribution in [0.5, 0.6) is 0 Å². The van der Waals surface area contributed by atoms with E-state index in [1.807, 2.05) is 31.2 Å². The molecule has 3 rings (SSSR count). The van der Waals surface area contributed by atoms with Gasteiger partial charge in [-0.1, -0.05) is 36.5 Å². The predicted molar refractivity (Wildman–Crippen MR) is 96.3 cm³/mol. The van der Waals surface area contributed by atoms with Gasteiger partial charge >= 0.3 is 0 Å². The molecule has 0 radical (unpaired) electrons. The van der Waals surface area contributed by atoms with E-state index in [4.69, 9.17) is 4.42 Å². The minimum absolute atomic E-state index is 0.0980. The van der Waals surface area contributed by atoms with Crippen LogP contribution in [0.25, 0.3) is 11.0 Å². The molecule has 0 aliphatic heterocycles. The lowest BCUT2D eigenvalue weighted by atomic mass is 10.1. The molecule has 1 aromatic carbocycles. The fourth-order valence-electron chi connectivity index (χ4n) is 2.43. The summed E-state index contributed by atoms with van der Waals surface area (Å²) in [6.45, 7) is 1.97. The van der Waals surface area contributed by atoms with E-state index in [1.54, 1.807) is 0 Å². The molecule has 0 spiro atoms. The zero-order valence-corrected chi connectivity index (χ0v) is 15.2. The van der Waals surface area contributed by atoms with Gasteiger partial charge in [-0.3, -0.25) is 9.52 Å². The molecular formula is C15H16N4O4S2. The van der Waals surface area contributed by atoms with Crippen molar-refractivity contribution in [1.82, 2.24) is 10.2 Å². The summed E-state index contributed by atoms with van der Waals surface area (Å²) in [5.41, 5.74) is 1.59. The van der Waals surface area contributed by atoms with Crippen LogP contribution in [0.4, 0.5) is 10.3 Å². The summed E-state index contributed by atoms with van der Waals surface area (Å²) in [4.78, 5) is 12.3. The minimum Gasteiger partial charge on any atom is -0.461 e. The third kappa shape index (κ3) is 4.15. The van der Waals surface area contributed by atoms with Crippen molar-refractivity contribution in [3.05, 3.63) is 35.6 Å². The van der Waals surface area contributed by atoms with Crippen molar-refractivity contribution in [2.45, 2.75) is 19.8 Å². The van der Waals surface area contributed by atoms with Gasteiger partial charge in [0.1, 0.15) is 11.3 Å². The Morgan fingerprint density at radius 2 is 1.96 bits per heavy atom. The van der Waals surface area contributed by atoms with Crippen LogP contribution in [-0.4, -0.2) is 30.8 Å². The first-order valence-corrected chi connectivity index (χ1v) is 10.2. The number of aromatic nitrogens is 2. The smallest absolute Gasteiger partial charge is 0.231 e. The number of nitrogens with zero attached hydrogens (tertiary/aromatic N) is 2. The number of hydrogen-bond donors (Lipinski definition) is 2. The Kier molecular flexibility index (Phi) is 4.73. The molecule has 0 atom stereocenters. The molecule has 0 aliphatic carbocycles. The maximum atomic E-state index is 12.3. The highest BCUT2D eigenvalue weighted by atomic mass is 32.2. The zero-order chi connectivity index (χ0) is 18.0. The van der Waals surface area contributed by atoms with Gasteiger partial charge in [0.05, 0.1) is 12.7 Å². The number of aryl methyl sites for hydroxylation is 1. The third-order valence-electron chi connectivity index (χ3n) is 3.38. The molecule has 2 heterocycles. The van der Waals surface area contributed by atoms with Crippen LogP contribution in [0.2, 0.25) is 0 Å². The van der Waals surface area contributed by atoms with E-state index in [1.165, 1.54) is 0 Å². The number of rotatable bonds is 6. The molecule has 0 aliphatic rings. The number of sulfonamides is 1. The molecule has 0 unspecified atom stereocenters. The van der Waals surface area contributed by atoms with Gasteiger partial charge in [-0.2, -0.15) is 0 Å². The normalized spacial score (nSPS) is 11.6. The number of furan rings is 1. The summed E-state index contributed by atoms with van der Waals surface area (Å²) in [5.74, 6) is 0.497. The fourth-order valence-corrected chi connectivity index (χ4v) is 3.92. The Morgan fingerprint density at radius 3 is 2.68 bits per heavy atom. The van der Waals surface area contributed by atoms with Gasteiger partial charge in [0.2, 0.25) is 26.2 Å². The van der Waals surface area contributed by atoms with Crippen molar-refractivity contribution >= 4 is 48.5 Å². The second-order valence-electron chi connectivity index (χ2n) is 5.37. The van der Waals surface area contributed by atoms with Gasteiger partial charge in [-0.25, -0.2) is 8.42 Å². The van der Waals surface area contributed by atoms with Gasteiger partial charge in [0.25, 0.3) is 0 Å². The van der Waals surface area contributed by atoms with Gasteiger partial charge in [0.15, 0.2) is 0 Å². The Morgan fingerprint density at radius 1 is 1.24 bits per heavy atom. The van der Waals surface area contributed by atoms with E-state index in [2.05, 4.69) is 20.2 Å². The molecular weight excluding hydrogens is 364 g/mol. The second kappa shape index (κ2) is 6.81. The highest BCUT2D eigenvalue weighted by molar-refractivity contribution is 7.92. The van der Waals surface area contributed by atoms with Crippen molar-refractivity contribution < 1.29 is 17.6 Å². The van der Waals surface area contributed by atoms with Crippen LogP contribution in [0.3, 0.4) is 0 Å². The lowest BCUT2D eigenvalue weighted by Crippen LogP contribution is -2.14. The van der Waals surface area contributed by atoms with Crippen molar-refractivity contribution in [3.63, 3.8) is 0 Å². The van der Waals surface area contributed by atoms with Crippen molar-refractivity contribution in [2.75, 3.05) is 16.3 Å². The average Bonchev–Trinajstić information content (AvgIpc) is 3.10. The predicted octanol–water partition coefficient (Wildman–Crippen LogP) is 2.40. The molecule has 0 fully saturated rings. The Balaban J connectivity index is 1.75. The number of anilines is 2. The molecule has 1 amide bonds. The highest BCUT2D eigenvalue weighted by Gasteiger charge is 2.17. The molecule has 8 nitrogen and oxygen atoms in total. The lowest BCUT2D eigenvalue weighted by Gasteiger charge is -2.02. The van der Waals surface area contributed by atoms with E-state index < -0.39 is 10.0 Å². The monoisotopic (exact) mass is 380 g/mol. The Labute approximate surface area is 148 Å². The molecule has 2 aromatic heterocycles. The third-order valence-corrected chi connectivity index (χ3v) is 4.83. The van der Waals surface area contributed by atoms with E-state index in [-0.39, 0.29) is 22.6 Å². The number of para-hydroxylation sites is 1. The van der Waals surface area contributed by atoms with Gasteiger partial charge in [-0.15, -0.1) is 10.2 Å². The van der Waals surface area contributed by atoms with Crippen LogP contribution in [0, 0.1) is 0 Å². The van der Waals surface area contributed by atoms with E-state index >= 15 is 0 Å². The standard InChI is InChI=1S/C15H16N4O4S2/c1-3-11-10(9-6-4-5-7-12(9)23-11)8-13(20)16-14-17-18-15(24-14)19-25(2,21)22/h4-7H,3,8H2,1-2H3,(H,18,19)(H,16,17,20). The first kappa shape index (κ1) is 17.4. The number of benzene rings is 1. The highest BCUT2D eigenvalue weighted by Crippen LogP contribution is 2.27. The van der Waals surface area contributed by atoms with Crippen LogP contribution in [-0.2, 0) is 27.7 Å². The van der Waals surface area contributed by atoms with Crippen LogP contribution in [0.15, 0.2) is 28.7 Å². The number of hydrogen-bond acceptors (Lipinski definition) is 7. The molecule has 10 heteroatoms. The van der Waals surface area contributed by atoms with E-state index in [0.717, 1.165) is 39.9 Å². The SMILES string of the molecule is CCc1oc2ccccc2c1CC(=O)Nc1nnc(NS(C)(=O)=O)s1.